The summed E-state index contributed by atoms with van der Waals surface area (Å²) in [4.78, 5) is 28.5. The molecule has 38 heavy (non-hydrogen) atoms. The highest BCUT2D eigenvalue weighted by Gasteiger charge is 2.17. The maximum atomic E-state index is 12.4. The average Bonchev–Trinajstić information content (AvgIpc) is 2.96. The standard InChI is InChI=1S/C32H32N2O4/c35-31(27-16-14-26(15-17-27)30-11-4-5-20-33-30)34-21-22-38-29-18-12-25(13-19-29)23-28(32(36)37)10-6-9-24-7-2-1-3-8-24/h1-5,7-8,11-20,28H,6,9-10,21-23H2,(H,34,35)(H,36,37). The molecule has 194 valence electrons. The minimum Gasteiger partial charge on any atom is -0.492 e. The predicted molar refractivity (Wildman–Crippen MR) is 148 cm³/mol. The number of nitrogens with one attached hydrogen (secondary N) is 1. The van der Waals surface area contributed by atoms with Gasteiger partial charge in [0.15, 0.2) is 0 Å². The zero-order valence-electron chi connectivity index (χ0n) is 21.3. The molecule has 0 radical (unpaired) electrons. The van der Waals surface area contributed by atoms with Gasteiger partial charge in [-0.15, -0.1) is 0 Å². The number of hydrogen-bond acceptors (Lipinski definition) is 4. The van der Waals surface area contributed by atoms with Gasteiger partial charge in [0.2, 0.25) is 0 Å². The molecule has 1 unspecified atom stereocenters. The molecular formula is C32H32N2O4. The molecule has 6 heteroatoms. The lowest BCUT2D eigenvalue weighted by atomic mass is 9.93. The molecule has 0 bridgehead atoms. The smallest absolute Gasteiger partial charge is 0.306 e. The Bertz CT molecular complexity index is 1290. The normalized spacial score (nSPS) is 11.5. The third kappa shape index (κ3) is 8.03. The minimum absolute atomic E-state index is 0.163. The van der Waals surface area contributed by atoms with Crippen molar-refractivity contribution in [3.8, 4) is 17.0 Å². The first kappa shape index (κ1) is 26.6. The molecular weight excluding hydrogens is 476 g/mol. The number of hydrogen-bond donors (Lipinski definition) is 2. The summed E-state index contributed by atoms with van der Waals surface area (Å²) in [6, 6.07) is 30.7. The molecule has 1 amide bonds. The van der Waals surface area contributed by atoms with Crippen molar-refractivity contribution in [2.24, 2.45) is 5.92 Å². The summed E-state index contributed by atoms with van der Waals surface area (Å²) in [7, 11) is 0. The highest BCUT2D eigenvalue weighted by atomic mass is 16.5. The van der Waals surface area contributed by atoms with E-state index in [4.69, 9.17) is 4.74 Å². The lowest BCUT2D eigenvalue weighted by molar-refractivity contribution is -0.142. The van der Waals surface area contributed by atoms with E-state index in [-0.39, 0.29) is 5.91 Å². The molecule has 0 aliphatic rings. The fraction of sp³-hybridized carbons (Fsp3) is 0.219. The van der Waals surface area contributed by atoms with Crippen LogP contribution in [-0.4, -0.2) is 35.1 Å². The minimum atomic E-state index is -0.763. The van der Waals surface area contributed by atoms with Gasteiger partial charge in [-0.3, -0.25) is 14.6 Å². The fourth-order valence-corrected chi connectivity index (χ4v) is 4.28. The summed E-state index contributed by atoms with van der Waals surface area (Å²) in [5.41, 5.74) is 4.58. The van der Waals surface area contributed by atoms with E-state index in [1.165, 1.54) is 5.56 Å². The Morgan fingerprint density at radius 2 is 1.58 bits per heavy atom. The zero-order valence-corrected chi connectivity index (χ0v) is 21.3. The largest absolute Gasteiger partial charge is 0.492 e. The maximum Gasteiger partial charge on any atom is 0.306 e. The van der Waals surface area contributed by atoms with Crippen molar-refractivity contribution >= 4 is 11.9 Å². The van der Waals surface area contributed by atoms with Crippen LogP contribution in [0.25, 0.3) is 11.3 Å². The molecule has 3 aromatic carbocycles. The highest BCUT2D eigenvalue weighted by Crippen LogP contribution is 2.20. The van der Waals surface area contributed by atoms with Gasteiger partial charge in [0.05, 0.1) is 18.2 Å². The molecule has 0 saturated heterocycles. The molecule has 2 N–H and O–H groups in total. The summed E-state index contributed by atoms with van der Waals surface area (Å²) in [5.74, 6) is -0.665. The lowest BCUT2D eigenvalue weighted by Crippen LogP contribution is -2.28. The number of carbonyl (C=O) groups is 2. The molecule has 1 aromatic heterocycles. The number of pyridine rings is 1. The molecule has 0 spiro atoms. The maximum absolute atomic E-state index is 12.4. The van der Waals surface area contributed by atoms with Crippen LogP contribution in [-0.2, 0) is 17.6 Å². The second kappa shape index (κ2) is 13.7. The molecule has 0 fully saturated rings. The lowest BCUT2D eigenvalue weighted by Gasteiger charge is -2.13. The third-order valence-corrected chi connectivity index (χ3v) is 6.38. The van der Waals surface area contributed by atoms with Crippen LogP contribution >= 0.6 is 0 Å². The van der Waals surface area contributed by atoms with Crippen LogP contribution in [0.2, 0.25) is 0 Å². The molecule has 4 rings (SSSR count). The summed E-state index contributed by atoms with van der Waals surface area (Å²) < 4.78 is 5.75. The SMILES string of the molecule is O=C(NCCOc1ccc(CC(CCCc2ccccc2)C(=O)O)cc1)c1ccc(-c2ccccn2)cc1. The van der Waals surface area contributed by atoms with Crippen LogP contribution in [0, 0.1) is 5.92 Å². The summed E-state index contributed by atoms with van der Waals surface area (Å²) in [6.07, 6.45) is 4.57. The number of rotatable bonds is 13. The highest BCUT2D eigenvalue weighted by molar-refractivity contribution is 5.94. The Morgan fingerprint density at radius 1 is 0.842 bits per heavy atom. The fourth-order valence-electron chi connectivity index (χ4n) is 4.28. The van der Waals surface area contributed by atoms with Gasteiger partial charge in [-0.25, -0.2) is 0 Å². The topological polar surface area (TPSA) is 88.5 Å². The molecule has 4 aromatic rings. The van der Waals surface area contributed by atoms with Crippen molar-refractivity contribution in [3.63, 3.8) is 0 Å². The van der Waals surface area contributed by atoms with E-state index >= 15 is 0 Å². The molecule has 1 heterocycles. The number of carboxylic acids is 1. The Balaban J connectivity index is 1.18. The van der Waals surface area contributed by atoms with Crippen LogP contribution in [0.4, 0.5) is 0 Å². The number of carboxylic acid groups (broad SMARTS) is 1. The van der Waals surface area contributed by atoms with Gasteiger partial charge >= 0.3 is 5.97 Å². The first-order valence-electron chi connectivity index (χ1n) is 12.9. The number of nitrogens with zero attached hydrogens (tertiary/aromatic N) is 1. The van der Waals surface area contributed by atoms with Crippen LogP contribution in [0.3, 0.4) is 0 Å². The monoisotopic (exact) mass is 508 g/mol. The van der Waals surface area contributed by atoms with Crippen molar-refractivity contribution in [2.75, 3.05) is 13.2 Å². The molecule has 6 nitrogen and oxygen atoms in total. The zero-order chi connectivity index (χ0) is 26.6. The quantitative estimate of drug-likeness (QED) is 0.222. The van der Waals surface area contributed by atoms with Crippen LogP contribution in [0.5, 0.6) is 5.75 Å². The van der Waals surface area contributed by atoms with Gasteiger partial charge in [-0.1, -0.05) is 60.7 Å². The van der Waals surface area contributed by atoms with Crippen molar-refractivity contribution in [1.82, 2.24) is 10.3 Å². The number of benzene rings is 3. The second-order valence-corrected chi connectivity index (χ2v) is 9.16. The van der Waals surface area contributed by atoms with E-state index in [1.807, 2.05) is 72.8 Å². The Labute approximate surface area is 223 Å². The second-order valence-electron chi connectivity index (χ2n) is 9.16. The van der Waals surface area contributed by atoms with E-state index in [9.17, 15) is 14.7 Å². The van der Waals surface area contributed by atoms with Gasteiger partial charge in [-0.2, -0.15) is 0 Å². The summed E-state index contributed by atoms with van der Waals surface area (Å²) in [6.45, 7) is 0.694. The Morgan fingerprint density at radius 3 is 2.26 bits per heavy atom. The van der Waals surface area contributed by atoms with Crippen LogP contribution in [0.1, 0.15) is 34.3 Å². The third-order valence-electron chi connectivity index (χ3n) is 6.38. The number of aryl methyl sites for hydroxylation is 1. The van der Waals surface area contributed by atoms with Gasteiger partial charge < -0.3 is 15.2 Å². The van der Waals surface area contributed by atoms with Crippen LogP contribution in [0.15, 0.2) is 103 Å². The van der Waals surface area contributed by atoms with E-state index in [0.29, 0.717) is 37.3 Å². The molecule has 0 aliphatic heterocycles. The number of aromatic nitrogens is 1. The van der Waals surface area contributed by atoms with Crippen molar-refractivity contribution in [3.05, 3.63) is 120 Å². The first-order chi connectivity index (χ1) is 18.6. The predicted octanol–water partition coefficient (Wildman–Crippen LogP) is 5.82. The number of aliphatic carboxylic acids is 1. The summed E-state index contributed by atoms with van der Waals surface area (Å²) in [5, 5.41) is 12.5. The molecule has 0 saturated carbocycles. The van der Waals surface area contributed by atoms with Crippen molar-refractivity contribution in [1.29, 1.82) is 0 Å². The van der Waals surface area contributed by atoms with Crippen LogP contribution < -0.4 is 10.1 Å². The number of amides is 1. The van der Waals surface area contributed by atoms with Gasteiger partial charge in [-0.05, 0) is 73.2 Å². The number of ether oxygens (including phenoxy) is 1. The number of carbonyl (C=O) groups excluding carboxylic acids is 1. The summed E-state index contributed by atoms with van der Waals surface area (Å²) >= 11 is 0. The Hall–Kier alpha value is -4.45. The van der Waals surface area contributed by atoms with E-state index < -0.39 is 11.9 Å². The average molecular weight is 509 g/mol. The van der Waals surface area contributed by atoms with E-state index in [1.54, 1.807) is 18.3 Å². The first-order valence-corrected chi connectivity index (χ1v) is 12.9. The van der Waals surface area contributed by atoms with Gasteiger partial charge in [0.1, 0.15) is 12.4 Å². The Kier molecular flexibility index (Phi) is 9.63. The van der Waals surface area contributed by atoms with Crippen molar-refractivity contribution < 1.29 is 19.4 Å². The van der Waals surface area contributed by atoms with E-state index in [2.05, 4.69) is 22.4 Å². The molecule has 0 aliphatic carbocycles. The molecule has 1 atom stereocenters. The van der Waals surface area contributed by atoms with E-state index in [0.717, 1.165) is 29.7 Å². The van der Waals surface area contributed by atoms with Gasteiger partial charge in [0.25, 0.3) is 5.91 Å². The van der Waals surface area contributed by atoms with Crippen molar-refractivity contribution in [2.45, 2.75) is 25.7 Å². The van der Waals surface area contributed by atoms with Gasteiger partial charge in [0, 0.05) is 17.3 Å².